The molecule has 0 saturated heterocycles. The maximum Gasteiger partial charge on any atom is 0.417 e. The van der Waals surface area contributed by atoms with Gasteiger partial charge in [-0.15, -0.1) is 0 Å². The molecule has 0 spiro atoms. The number of rotatable bonds is 2. The Balaban J connectivity index is 3.40. The first-order valence-electron chi connectivity index (χ1n) is 4.34. The second-order valence-corrected chi connectivity index (χ2v) is 3.43. The number of alkyl halides is 3. The van der Waals surface area contributed by atoms with Crippen molar-refractivity contribution in [2.75, 3.05) is 14.2 Å². The number of carbonyl (C=O) groups is 1. The third kappa shape index (κ3) is 2.82. The van der Waals surface area contributed by atoms with Crippen LogP contribution in [0.25, 0.3) is 0 Å². The summed E-state index contributed by atoms with van der Waals surface area (Å²) in [7, 11) is 2.25. The van der Waals surface area contributed by atoms with E-state index in [9.17, 15) is 18.0 Å². The molecule has 0 aromatic heterocycles. The van der Waals surface area contributed by atoms with Crippen molar-refractivity contribution in [3.8, 4) is 5.75 Å². The van der Waals surface area contributed by atoms with Gasteiger partial charge in [0.2, 0.25) is 0 Å². The fraction of sp³-hybridized carbons (Fsp3) is 0.300. The molecule has 0 heterocycles. The van der Waals surface area contributed by atoms with Crippen molar-refractivity contribution in [2.45, 2.75) is 6.18 Å². The molecule has 0 bridgehead atoms. The van der Waals surface area contributed by atoms with E-state index in [2.05, 4.69) is 4.74 Å². The lowest BCUT2D eigenvalue weighted by Gasteiger charge is -2.13. The molecular weight excluding hydrogens is 261 g/mol. The lowest BCUT2D eigenvalue weighted by molar-refractivity contribution is -0.137. The molecule has 1 aromatic carbocycles. The molecule has 0 saturated carbocycles. The molecule has 0 aliphatic heterocycles. The van der Waals surface area contributed by atoms with Crippen molar-refractivity contribution in [2.24, 2.45) is 0 Å². The SMILES string of the molecule is COC(=O)c1cc(Cl)c(C(F)(F)F)cc1OC. The molecule has 0 fully saturated rings. The first-order valence-corrected chi connectivity index (χ1v) is 4.72. The van der Waals surface area contributed by atoms with Gasteiger partial charge in [-0.2, -0.15) is 13.2 Å². The first-order chi connectivity index (χ1) is 7.81. The zero-order chi connectivity index (χ0) is 13.2. The van der Waals surface area contributed by atoms with Crippen molar-refractivity contribution in [1.82, 2.24) is 0 Å². The molecule has 0 aliphatic rings. The summed E-state index contributed by atoms with van der Waals surface area (Å²) in [5.41, 5.74) is -1.23. The van der Waals surface area contributed by atoms with E-state index in [1.165, 1.54) is 0 Å². The number of hydrogen-bond acceptors (Lipinski definition) is 3. The highest BCUT2D eigenvalue weighted by atomic mass is 35.5. The van der Waals surface area contributed by atoms with Crippen LogP contribution in [0.1, 0.15) is 15.9 Å². The third-order valence-corrected chi connectivity index (χ3v) is 2.31. The van der Waals surface area contributed by atoms with Gasteiger partial charge in [-0.05, 0) is 12.1 Å². The lowest BCUT2D eigenvalue weighted by Crippen LogP contribution is -2.10. The Morgan fingerprint density at radius 1 is 1.29 bits per heavy atom. The van der Waals surface area contributed by atoms with E-state index < -0.39 is 22.7 Å². The predicted molar refractivity (Wildman–Crippen MR) is 54.3 cm³/mol. The molecule has 3 nitrogen and oxygen atoms in total. The van der Waals surface area contributed by atoms with E-state index in [-0.39, 0.29) is 11.3 Å². The van der Waals surface area contributed by atoms with E-state index in [1.807, 2.05) is 0 Å². The van der Waals surface area contributed by atoms with Crippen molar-refractivity contribution in [3.63, 3.8) is 0 Å². The zero-order valence-corrected chi connectivity index (χ0v) is 9.65. The van der Waals surface area contributed by atoms with Crippen molar-refractivity contribution >= 4 is 17.6 Å². The standard InChI is InChI=1S/C10H8ClF3O3/c1-16-8-4-6(10(12,13)14)7(11)3-5(8)9(15)17-2/h3-4H,1-2H3. The zero-order valence-electron chi connectivity index (χ0n) is 8.89. The van der Waals surface area contributed by atoms with Crippen LogP contribution in [0.4, 0.5) is 13.2 Å². The van der Waals surface area contributed by atoms with E-state index in [0.717, 1.165) is 20.3 Å². The van der Waals surface area contributed by atoms with Gasteiger partial charge in [-0.25, -0.2) is 4.79 Å². The number of esters is 1. The van der Waals surface area contributed by atoms with Gasteiger partial charge in [-0.1, -0.05) is 11.6 Å². The Morgan fingerprint density at radius 3 is 2.29 bits per heavy atom. The summed E-state index contributed by atoms with van der Waals surface area (Å²) < 4.78 is 46.7. The Morgan fingerprint density at radius 2 is 1.88 bits per heavy atom. The number of ether oxygens (including phenoxy) is 2. The summed E-state index contributed by atoms with van der Waals surface area (Å²) in [6, 6.07) is 1.53. The van der Waals surface area contributed by atoms with Crippen LogP contribution >= 0.6 is 11.6 Å². The Kier molecular flexibility index (Phi) is 3.87. The van der Waals surface area contributed by atoms with Crippen LogP contribution in [-0.2, 0) is 10.9 Å². The molecule has 1 aromatic rings. The second kappa shape index (κ2) is 4.83. The Hall–Kier alpha value is -1.43. The monoisotopic (exact) mass is 268 g/mol. The van der Waals surface area contributed by atoms with Crippen LogP contribution in [0.3, 0.4) is 0 Å². The molecule has 0 radical (unpaired) electrons. The largest absolute Gasteiger partial charge is 0.496 e. The van der Waals surface area contributed by atoms with Gasteiger partial charge in [0.25, 0.3) is 0 Å². The van der Waals surface area contributed by atoms with Crippen molar-refractivity contribution < 1.29 is 27.4 Å². The quantitative estimate of drug-likeness (QED) is 0.773. The average Bonchev–Trinajstić information content (AvgIpc) is 2.26. The van der Waals surface area contributed by atoms with E-state index in [1.54, 1.807) is 0 Å². The van der Waals surface area contributed by atoms with E-state index in [4.69, 9.17) is 16.3 Å². The fourth-order valence-electron chi connectivity index (χ4n) is 1.21. The van der Waals surface area contributed by atoms with Gasteiger partial charge in [-0.3, -0.25) is 0 Å². The van der Waals surface area contributed by atoms with Crippen LogP contribution in [-0.4, -0.2) is 20.2 Å². The second-order valence-electron chi connectivity index (χ2n) is 3.02. The van der Waals surface area contributed by atoms with Gasteiger partial charge in [0.15, 0.2) is 0 Å². The number of hydrogen-bond donors (Lipinski definition) is 0. The summed E-state index contributed by atoms with van der Waals surface area (Å²) in [4.78, 5) is 11.3. The Bertz CT molecular complexity index is 443. The third-order valence-electron chi connectivity index (χ3n) is 2.00. The molecule has 17 heavy (non-hydrogen) atoms. The first kappa shape index (κ1) is 13.6. The molecule has 0 aliphatic carbocycles. The fourth-order valence-corrected chi connectivity index (χ4v) is 1.48. The molecule has 7 heteroatoms. The van der Waals surface area contributed by atoms with Crippen LogP contribution in [0, 0.1) is 0 Å². The molecule has 0 unspecified atom stereocenters. The smallest absolute Gasteiger partial charge is 0.417 e. The summed E-state index contributed by atoms with van der Waals surface area (Å²) in [6.07, 6.45) is -4.61. The molecular formula is C10H8ClF3O3. The lowest BCUT2D eigenvalue weighted by atomic mass is 10.1. The van der Waals surface area contributed by atoms with Gasteiger partial charge in [0.05, 0.1) is 24.8 Å². The van der Waals surface area contributed by atoms with Crippen molar-refractivity contribution in [1.29, 1.82) is 0 Å². The molecule has 94 valence electrons. The Labute approximate surface area is 100 Å². The van der Waals surface area contributed by atoms with Crippen LogP contribution < -0.4 is 4.74 Å². The van der Waals surface area contributed by atoms with Gasteiger partial charge in [0.1, 0.15) is 11.3 Å². The van der Waals surface area contributed by atoms with Gasteiger partial charge >= 0.3 is 12.1 Å². The normalized spacial score (nSPS) is 11.2. The maximum atomic E-state index is 12.5. The highest BCUT2D eigenvalue weighted by Crippen LogP contribution is 2.38. The minimum absolute atomic E-state index is 0.159. The summed E-state index contributed by atoms with van der Waals surface area (Å²) >= 11 is 5.46. The number of halogens is 4. The van der Waals surface area contributed by atoms with Crippen molar-refractivity contribution in [3.05, 3.63) is 28.3 Å². The minimum Gasteiger partial charge on any atom is -0.496 e. The van der Waals surface area contributed by atoms with Gasteiger partial charge < -0.3 is 9.47 Å². The molecule has 0 atom stereocenters. The van der Waals surface area contributed by atoms with E-state index in [0.29, 0.717) is 6.07 Å². The summed E-state index contributed by atoms with van der Waals surface area (Å²) in [5.74, 6) is -1.06. The van der Waals surface area contributed by atoms with Gasteiger partial charge in [0, 0.05) is 0 Å². The number of methoxy groups -OCH3 is 2. The minimum atomic E-state index is -4.61. The molecule has 1 rings (SSSR count). The maximum absolute atomic E-state index is 12.5. The summed E-state index contributed by atoms with van der Waals surface area (Å²) in [5, 5.41) is -0.585. The van der Waals surface area contributed by atoms with Crippen LogP contribution in [0.5, 0.6) is 5.75 Å². The highest BCUT2D eigenvalue weighted by molar-refractivity contribution is 6.31. The topological polar surface area (TPSA) is 35.5 Å². The van der Waals surface area contributed by atoms with E-state index >= 15 is 0 Å². The highest BCUT2D eigenvalue weighted by Gasteiger charge is 2.35. The average molecular weight is 269 g/mol. The van der Waals surface area contributed by atoms with Crippen LogP contribution in [0.15, 0.2) is 12.1 Å². The predicted octanol–water partition coefficient (Wildman–Crippen LogP) is 3.15. The van der Waals surface area contributed by atoms with Crippen LogP contribution in [0.2, 0.25) is 5.02 Å². The molecule has 0 N–H and O–H groups in total. The number of benzene rings is 1. The summed E-state index contributed by atoms with van der Waals surface area (Å²) in [6.45, 7) is 0. The molecule has 0 amide bonds. The number of carbonyl (C=O) groups excluding carboxylic acids is 1.